The van der Waals surface area contributed by atoms with Gasteiger partial charge in [0.15, 0.2) is 0 Å². The Bertz CT molecular complexity index is 612. The van der Waals surface area contributed by atoms with Crippen molar-refractivity contribution in [2.75, 3.05) is 0 Å². The van der Waals surface area contributed by atoms with Crippen LogP contribution in [0.1, 0.15) is 0 Å². The highest BCUT2D eigenvalue weighted by molar-refractivity contribution is 6.31. The predicted octanol–water partition coefficient (Wildman–Crippen LogP) is 3.28. The number of fused-ring (bicyclic) bond motifs is 1. The molecule has 1 aromatic carbocycles. The third kappa shape index (κ3) is 1.46. The molecular weight excluding hydrogens is 222 g/mol. The van der Waals surface area contributed by atoms with Crippen LogP contribution in [0.3, 0.4) is 0 Å². The lowest BCUT2D eigenvalue weighted by atomic mass is 10.3. The number of halogens is 1. The zero-order chi connectivity index (χ0) is 11.0. The first kappa shape index (κ1) is 9.36. The average Bonchev–Trinajstić information content (AvgIpc) is 2.73. The van der Waals surface area contributed by atoms with Crippen LogP contribution in [0, 0.1) is 0 Å². The summed E-state index contributed by atoms with van der Waals surface area (Å²) in [5.74, 6) is 0.749. The molecule has 0 bridgehead atoms. The number of imidazole rings is 1. The predicted molar refractivity (Wildman–Crippen MR) is 64.3 cm³/mol. The van der Waals surface area contributed by atoms with Crippen molar-refractivity contribution in [3.8, 4) is 11.4 Å². The summed E-state index contributed by atoms with van der Waals surface area (Å²) in [5.41, 5.74) is 2.75. The van der Waals surface area contributed by atoms with E-state index in [0.29, 0.717) is 5.15 Å². The molecule has 0 amide bonds. The summed E-state index contributed by atoms with van der Waals surface area (Å²) in [5, 5.41) is 0.460. The second kappa shape index (κ2) is 3.61. The summed E-state index contributed by atoms with van der Waals surface area (Å²) in [6.07, 6.45) is 1.66. The van der Waals surface area contributed by atoms with Gasteiger partial charge in [-0.3, -0.25) is 0 Å². The number of benzene rings is 1. The molecule has 4 heteroatoms. The van der Waals surface area contributed by atoms with Crippen molar-refractivity contribution in [1.82, 2.24) is 15.0 Å². The molecule has 0 saturated heterocycles. The molecule has 0 radical (unpaired) electrons. The van der Waals surface area contributed by atoms with Crippen molar-refractivity contribution in [3.05, 3.63) is 47.7 Å². The van der Waals surface area contributed by atoms with Gasteiger partial charge in [-0.15, -0.1) is 0 Å². The van der Waals surface area contributed by atoms with Gasteiger partial charge < -0.3 is 4.98 Å². The van der Waals surface area contributed by atoms with Crippen LogP contribution < -0.4 is 0 Å². The first-order chi connectivity index (χ1) is 7.84. The molecule has 2 heterocycles. The summed E-state index contributed by atoms with van der Waals surface area (Å²) < 4.78 is 0. The number of rotatable bonds is 1. The van der Waals surface area contributed by atoms with Gasteiger partial charge in [0.1, 0.15) is 11.0 Å². The minimum atomic E-state index is 0.460. The SMILES string of the molecule is Clc1ncccc1-c1nc2ccccc2[nH]1. The molecule has 16 heavy (non-hydrogen) atoms. The van der Waals surface area contributed by atoms with Crippen molar-refractivity contribution in [2.45, 2.75) is 0 Å². The van der Waals surface area contributed by atoms with Crippen molar-refractivity contribution < 1.29 is 0 Å². The monoisotopic (exact) mass is 229 g/mol. The molecule has 3 rings (SSSR count). The summed E-state index contributed by atoms with van der Waals surface area (Å²) in [6.45, 7) is 0. The Morgan fingerprint density at radius 1 is 1.06 bits per heavy atom. The zero-order valence-electron chi connectivity index (χ0n) is 8.31. The summed E-state index contributed by atoms with van der Waals surface area (Å²) in [6, 6.07) is 11.6. The number of aromatic amines is 1. The fraction of sp³-hybridized carbons (Fsp3) is 0. The first-order valence-electron chi connectivity index (χ1n) is 4.90. The third-order valence-electron chi connectivity index (χ3n) is 2.40. The van der Waals surface area contributed by atoms with Crippen molar-refractivity contribution in [1.29, 1.82) is 0 Å². The van der Waals surface area contributed by atoms with Gasteiger partial charge in [0, 0.05) is 6.20 Å². The van der Waals surface area contributed by atoms with Gasteiger partial charge in [0.05, 0.1) is 16.6 Å². The maximum atomic E-state index is 6.02. The van der Waals surface area contributed by atoms with Crippen LogP contribution in [0.4, 0.5) is 0 Å². The van der Waals surface area contributed by atoms with E-state index in [9.17, 15) is 0 Å². The Hall–Kier alpha value is -1.87. The molecular formula is C12H8ClN3. The van der Waals surface area contributed by atoms with Gasteiger partial charge >= 0.3 is 0 Å². The molecule has 3 aromatic rings. The van der Waals surface area contributed by atoms with E-state index in [1.807, 2.05) is 36.4 Å². The molecule has 1 N–H and O–H groups in total. The zero-order valence-corrected chi connectivity index (χ0v) is 9.07. The summed E-state index contributed by atoms with van der Waals surface area (Å²) in [7, 11) is 0. The van der Waals surface area contributed by atoms with Crippen LogP contribution in [0.5, 0.6) is 0 Å². The van der Waals surface area contributed by atoms with Crippen molar-refractivity contribution >= 4 is 22.6 Å². The topological polar surface area (TPSA) is 41.6 Å². The lowest BCUT2D eigenvalue weighted by molar-refractivity contribution is 1.27. The molecule has 2 aromatic heterocycles. The molecule has 0 fully saturated rings. The summed E-state index contributed by atoms with van der Waals surface area (Å²) >= 11 is 6.02. The highest BCUT2D eigenvalue weighted by Gasteiger charge is 2.08. The van der Waals surface area contributed by atoms with Crippen LogP contribution in [-0.2, 0) is 0 Å². The number of H-pyrrole nitrogens is 1. The standard InChI is InChI=1S/C12H8ClN3/c13-11-8(4-3-7-14-11)12-15-9-5-1-2-6-10(9)16-12/h1-7H,(H,15,16). The van der Waals surface area contributed by atoms with E-state index < -0.39 is 0 Å². The maximum Gasteiger partial charge on any atom is 0.141 e. The van der Waals surface area contributed by atoms with E-state index in [-0.39, 0.29) is 0 Å². The van der Waals surface area contributed by atoms with Gasteiger partial charge in [0.2, 0.25) is 0 Å². The van der Waals surface area contributed by atoms with Crippen LogP contribution in [0.2, 0.25) is 5.15 Å². The molecule has 78 valence electrons. The van der Waals surface area contributed by atoms with Crippen LogP contribution in [0.15, 0.2) is 42.6 Å². The molecule has 0 spiro atoms. The minimum absolute atomic E-state index is 0.460. The number of hydrogen-bond donors (Lipinski definition) is 1. The Morgan fingerprint density at radius 2 is 1.94 bits per heavy atom. The molecule has 0 unspecified atom stereocenters. The van der Waals surface area contributed by atoms with E-state index in [0.717, 1.165) is 22.4 Å². The number of para-hydroxylation sites is 2. The highest BCUT2D eigenvalue weighted by atomic mass is 35.5. The van der Waals surface area contributed by atoms with E-state index >= 15 is 0 Å². The van der Waals surface area contributed by atoms with Crippen LogP contribution in [0.25, 0.3) is 22.4 Å². The van der Waals surface area contributed by atoms with E-state index in [1.54, 1.807) is 6.20 Å². The molecule has 3 nitrogen and oxygen atoms in total. The Balaban J connectivity index is 2.23. The largest absolute Gasteiger partial charge is 0.338 e. The third-order valence-corrected chi connectivity index (χ3v) is 2.70. The number of pyridine rings is 1. The van der Waals surface area contributed by atoms with E-state index in [4.69, 9.17) is 11.6 Å². The smallest absolute Gasteiger partial charge is 0.141 e. The molecule has 0 aliphatic heterocycles. The molecule has 0 aliphatic rings. The highest BCUT2D eigenvalue weighted by Crippen LogP contribution is 2.25. The normalized spacial score (nSPS) is 10.8. The average molecular weight is 230 g/mol. The van der Waals surface area contributed by atoms with Gasteiger partial charge in [-0.1, -0.05) is 23.7 Å². The number of aromatic nitrogens is 3. The Kier molecular flexibility index (Phi) is 2.11. The Labute approximate surface area is 97.1 Å². The van der Waals surface area contributed by atoms with E-state index in [1.165, 1.54) is 0 Å². The van der Waals surface area contributed by atoms with Crippen LogP contribution >= 0.6 is 11.6 Å². The Morgan fingerprint density at radius 3 is 2.75 bits per heavy atom. The minimum Gasteiger partial charge on any atom is -0.338 e. The van der Waals surface area contributed by atoms with Crippen LogP contribution in [-0.4, -0.2) is 15.0 Å². The number of nitrogens with one attached hydrogen (secondary N) is 1. The quantitative estimate of drug-likeness (QED) is 0.651. The maximum absolute atomic E-state index is 6.02. The van der Waals surface area contributed by atoms with Gasteiger partial charge in [-0.25, -0.2) is 9.97 Å². The second-order valence-electron chi connectivity index (χ2n) is 3.44. The molecule has 0 aliphatic carbocycles. The van der Waals surface area contributed by atoms with E-state index in [2.05, 4.69) is 15.0 Å². The molecule has 0 saturated carbocycles. The number of nitrogens with zero attached hydrogens (tertiary/aromatic N) is 2. The van der Waals surface area contributed by atoms with Crippen molar-refractivity contribution in [2.24, 2.45) is 0 Å². The summed E-state index contributed by atoms with van der Waals surface area (Å²) in [4.78, 5) is 11.7. The lowest BCUT2D eigenvalue weighted by Crippen LogP contribution is -1.83. The molecule has 0 atom stereocenters. The van der Waals surface area contributed by atoms with Gasteiger partial charge in [0.25, 0.3) is 0 Å². The van der Waals surface area contributed by atoms with Gasteiger partial charge in [-0.05, 0) is 24.3 Å². The van der Waals surface area contributed by atoms with Gasteiger partial charge in [-0.2, -0.15) is 0 Å². The van der Waals surface area contributed by atoms with Crippen molar-refractivity contribution in [3.63, 3.8) is 0 Å². The fourth-order valence-corrected chi connectivity index (χ4v) is 1.85. The number of hydrogen-bond acceptors (Lipinski definition) is 2. The first-order valence-corrected chi connectivity index (χ1v) is 5.28. The second-order valence-corrected chi connectivity index (χ2v) is 3.80. The fourth-order valence-electron chi connectivity index (χ4n) is 1.64. The lowest BCUT2D eigenvalue weighted by Gasteiger charge is -1.97.